The normalized spacial score (nSPS) is 10.5. The molecule has 2 aromatic heterocycles. The van der Waals surface area contributed by atoms with Crippen LogP contribution in [0, 0.1) is 0 Å². The van der Waals surface area contributed by atoms with Crippen molar-refractivity contribution < 1.29 is 14.3 Å². The van der Waals surface area contributed by atoms with Crippen molar-refractivity contribution in [1.29, 1.82) is 0 Å². The molecule has 2 heterocycles. The van der Waals surface area contributed by atoms with Gasteiger partial charge >= 0.3 is 5.97 Å². The van der Waals surface area contributed by atoms with Crippen molar-refractivity contribution in [3.8, 4) is 11.1 Å². The van der Waals surface area contributed by atoms with Gasteiger partial charge < -0.3 is 4.74 Å². The first kappa shape index (κ1) is 18.3. The summed E-state index contributed by atoms with van der Waals surface area (Å²) in [6, 6.07) is 11.7. The van der Waals surface area contributed by atoms with Gasteiger partial charge in [-0.3, -0.25) is 9.69 Å². The fourth-order valence-electron chi connectivity index (χ4n) is 2.50. The predicted octanol–water partition coefficient (Wildman–Crippen LogP) is 4.60. The molecule has 0 aliphatic carbocycles. The summed E-state index contributed by atoms with van der Waals surface area (Å²) >= 11 is 2.73. The summed E-state index contributed by atoms with van der Waals surface area (Å²) in [4.78, 5) is 30.6. The largest absolute Gasteiger partial charge is 0.455 e. The van der Waals surface area contributed by atoms with Gasteiger partial charge in [0.1, 0.15) is 11.5 Å². The Morgan fingerprint density at radius 1 is 1.15 bits per heavy atom. The third kappa shape index (κ3) is 4.00. The molecule has 7 heteroatoms. The highest BCUT2D eigenvalue weighted by Crippen LogP contribution is 2.29. The molecule has 0 saturated carbocycles. The van der Waals surface area contributed by atoms with E-state index in [0.717, 1.165) is 11.1 Å². The second-order valence-corrected chi connectivity index (χ2v) is 7.24. The number of anilines is 1. The molecule has 1 amide bonds. The van der Waals surface area contributed by atoms with E-state index in [2.05, 4.69) is 4.98 Å². The summed E-state index contributed by atoms with van der Waals surface area (Å²) in [5, 5.41) is 4.30. The predicted molar refractivity (Wildman–Crippen MR) is 105 cm³/mol. The molecule has 0 radical (unpaired) electrons. The second kappa shape index (κ2) is 8.25. The fourth-order valence-corrected chi connectivity index (χ4v) is 4.22. The molecule has 134 valence electrons. The lowest BCUT2D eigenvalue weighted by Gasteiger charge is -2.14. The number of esters is 1. The van der Waals surface area contributed by atoms with Crippen LogP contribution in [0.2, 0.25) is 0 Å². The summed E-state index contributed by atoms with van der Waals surface area (Å²) in [7, 11) is 0. The molecule has 0 atom stereocenters. The molecule has 0 bridgehead atoms. The topological polar surface area (TPSA) is 59.5 Å². The molecule has 3 rings (SSSR count). The van der Waals surface area contributed by atoms with Crippen LogP contribution in [0.3, 0.4) is 0 Å². The van der Waals surface area contributed by atoms with Crippen LogP contribution in [0.1, 0.15) is 29.2 Å². The van der Waals surface area contributed by atoms with Crippen LogP contribution in [-0.2, 0) is 16.1 Å². The minimum absolute atomic E-state index is 0.0588. The number of thiophene rings is 1. The summed E-state index contributed by atoms with van der Waals surface area (Å²) in [6.45, 7) is 4.03. The number of carbonyl (C=O) groups is 2. The highest BCUT2D eigenvalue weighted by Gasteiger charge is 2.18. The van der Waals surface area contributed by atoms with Crippen molar-refractivity contribution >= 4 is 39.7 Å². The van der Waals surface area contributed by atoms with Crippen LogP contribution >= 0.6 is 22.7 Å². The monoisotopic (exact) mass is 386 g/mol. The van der Waals surface area contributed by atoms with Crippen molar-refractivity contribution in [2.75, 3.05) is 11.4 Å². The van der Waals surface area contributed by atoms with Gasteiger partial charge in [-0.05, 0) is 23.9 Å². The number of carbonyl (C=O) groups excluding carboxylic acids is 2. The highest BCUT2D eigenvalue weighted by atomic mass is 32.1. The van der Waals surface area contributed by atoms with Gasteiger partial charge in [0, 0.05) is 24.4 Å². The van der Waals surface area contributed by atoms with Gasteiger partial charge in [-0.1, -0.05) is 30.3 Å². The zero-order chi connectivity index (χ0) is 18.5. The number of ether oxygens (including phenoxy) is 1. The maximum Gasteiger partial charge on any atom is 0.349 e. The molecule has 0 aliphatic rings. The number of hydrogen-bond acceptors (Lipinski definition) is 6. The lowest BCUT2D eigenvalue weighted by atomic mass is 10.1. The van der Waals surface area contributed by atoms with Gasteiger partial charge in [-0.25, -0.2) is 9.78 Å². The second-order valence-electron chi connectivity index (χ2n) is 5.49. The first-order chi connectivity index (χ1) is 12.6. The maximum absolute atomic E-state index is 12.5. The molecule has 0 spiro atoms. The number of hydrogen-bond donors (Lipinski definition) is 0. The van der Waals surface area contributed by atoms with Crippen LogP contribution in [0.15, 0.2) is 47.2 Å². The molecule has 3 aromatic rings. The molecule has 0 N–H and O–H groups in total. The Kier molecular flexibility index (Phi) is 5.80. The van der Waals surface area contributed by atoms with E-state index in [1.54, 1.807) is 10.3 Å². The summed E-state index contributed by atoms with van der Waals surface area (Å²) in [5.74, 6) is -0.427. The standard InChI is InChI=1S/C19H18N2O3S2/c1-3-21(13(2)22)19-20-15(12-26-19)11-24-18(23)17-16(9-10-25-17)14-7-5-4-6-8-14/h4-10,12H,3,11H2,1-2H3. The number of aromatic nitrogens is 1. The lowest BCUT2D eigenvalue weighted by molar-refractivity contribution is -0.116. The van der Waals surface area contributed by atoms with E-state index in [-0.39, 0.29) is 18.5 Å². The number of nitrogens with zero attached hydrogens (tertiary/aromatic N) is 2. The van der Waals surface area contributed by atoms with Crippen LogP contribution in [-0.4, -0.2) is 23.4 Å². The van der Waals surface area contributed by atoms with E-state index in [4.69, 9.17) is 4.74 Å². The number of rotatable bonds is 6. The molecule has 1 aromatic carbocycles. The first-order valence-corrected chi connectivity index (χ1v) is 9.88. The average Bonchev–Trinajstić information content (AvgIpc) is 3.30. The third-order valence-electron chi connectivity index (χ3n) is 3.75. The van der Waals surface area contributed by atoms with E-state index in [9.17, 15) is 9.59 Å². The molecule has 0 aliphatic heterocycles. The van der Waals surface area contributed by atoms with Crippen molar-refractivity contribution in [3.63, 3.8) is 0 Å². The van der Waals surface area contributed by atoms with Gasteiger partial charge in [0.25, 0.3) is 0 Å². The molecular formula is C19H18N2O3S2. The van der Waals surface area contributed by atoms with Crippen molar-refractivity contribution in [2.24, 2.45) is 0 Å². The minimum Gasteiger partial charge on any atom is -0.455 e. The summed E-state index contributed by atoms with van der Waals surface area (Å²) in [6.07, 6.45) is 0. The molecular weight excluding hydrogens is 368 g/mol. The van der Waals surface area contributed by atoms with Crippen molar-refractivity contribution in [3.05, 3.63) is 57.7 Å². The molecule has 0 unspecified atom stereocenters. The van der Waals surface area contributed by atoms with Crippen LogP contribution in [0.25, 0.3) is 11.1 Å². The van der Waals surface area contributed by atoms with Crippen LogP contribution in [0.4, 0.5) is 5.13 Å². The summed E-state index contributed by atoms with van der Waals surface area (Å²) < 4.78 is 5.43. The van der Waals surface area contributed by atoms with E-state index in [1.165, 1.54) is 29.6 Å². The minimum atomic E-state index is -0.368. The fraction of sp³-hybridized carbons (Fsp3) is 0.211. The zero-order valence-corrected chi connectivity index (χ0v) is 16.1. The number of amides is 1. The zero-order valence-electron chi connectivity index (χ0n) is 14.5. The van der Waals surface area contributed by atoms with E-state index in [0.29, 0.717) is 22.2 Å². The SMILES string of the molecule is CCN(C(C)=O)c1nc(COC(=O)c2sccc2-c2ccccc2)cs1. The highest BCUT2D eigenvalue weighted by molar-refractivity contribution is 7.14. The first-order valence-electron chi connectivity index (χ1n) is 8.12. The van der Waals surface area contributed by atoms with Gasteiger partial charge in [-0.15, -0.1) is 22.7 Å². The van der Waals surface area contributed by atoms with E-state index >= 15 is 0 Å². The Balaban J connectivity index is 1.68. The molecule has 5 nitrogen and oxygen atoms in total. The van der Waals surface area contributed by atoms with E-state index in [1.807, 2.05) is 48.7 Å². The Hall–Kier alpha value is -2.51. The van der Waals surface area contributed by atoms with Crippen LogP contribution < -0.4 is 4.90 Å². The van der Waals surface area contributed by atoms with Crippen LogP contribution in [0.5, 0.6) is 0 Å². The lowest BCUT2D eigenvalue weighted by Crippen LogP contribution is -2.27. The van der Waals surface area contributed by atoms with Gasteiger partial charge in [-0.2, -0.15) is 0 Å². The maximum atomic E-state index is 12.5. The average molecular weight is 386 g/mol. The number of thiazole rings is 1. The van der Waals surface area contributed by atoms with Gasteiger partial charge in [0.05, 0.1) is 5.69 Å². The third-order valence-corrected chi connectivity index (χ3v) is 5.56. The van der Waals surface area contributed by atoms with Gasteiger partial charge in [0.2, 0.25) is 5.91 Å². The van der Waals surface area contributed by atoms with Crippen molar-refractivity contribution in [2.45, 2.75) is 20.5 Å². The smallest absolute Gasteiger partial charge is 0.349 e. The Bertz CT molecular complexity index is 902. The van der Waals surface area contributed by atoms with Crippen molar-refractivity contribution in [1.82, 2.24) is 4.98 Å². The van der Waals surface area contributed by atoms with Gasteiger partial charge in [0.15, 0.2) is 5.13 Å². The molecule has 26 heavy (non-hydrogen) atoms. The molecule has 0 fully saturated rings. The molecule has 0 saturated heterocycles. The summed E-state index contributed by atoms with van der Waals surface area (Å²) in [5.41, 5.74) is 2.49. The number of benzene rings is 1. The Morgan fingerprint density at radius 2 is 1.92 bits per heavy atom. The Labute approximate surface area is 159 Å². The Morgan fingerprint density at radius 3 is 2.62 bits per heavy atom. The quantitative estimate of drug-likeness (QED) is 0.581. The van der Waals surface area contributed by atoms with E-state index < -0.39 is 0 Å².